The average Bonchev–Trinajstić information content (AvgIpc) is 2.83. The third-order valence-electron chi connectivity index (χ3n) is 2.22. The summed E-state index contributed by atoms with van der Waals surface area (Å²) >= 11 is 0. The molecule has 17 heavy (non-hydrogen) atoms. The molecule has 1 aromatic rings. The van der Waals surface area contributed by atoms with E-state index in [4.69, 9.17) is 4.74 Å². The summed E-state index contributed by atoms with van der Waals surface area (Å²) in [5.74, 6) is -1.83. The van der Waals surface area contributed by atoms with Crippen LogP contribution in [0, 0.1) is 0 Å². The van der Waals surface area contributed by atoms with Crippen LogP contribution in [-0.4, -0.2) is 41.3 Å². The molecule has 90 valence electrons. The van der Waals surface area contributed by atoms with Crippen LogP contribution in [0.5, 0.6) is 0 Å². The summed E-state index contributed by atoms with van der Waals surface area (Å²) in [5.41, 5.74) is 0.259. The number of methoxy groups -OCH3 is 1. The first kappa shape index (κ1) is 11.3. The van der Waals surface area contributed by atoms with Gasteiger partial charge in [0.05, 0.1) is 25.0 Å². The second-order valence-corrected chi connectivity index (χ2v) is 3.35. The van der Waals surface area contributed by atoms with Crippen LogP contribution in [0.4, 0.5) is 10.5 Å². The molecule has 4 amide bonds. The lowest BCUT2D eigenvalue weighted by Crippen LogP contribution is -2.30. The summed E-state index contributed by atoms with van der Waals surface area (Å²) in [4.78, 5) is 34.4. The molecule has 0 bridgehead atoms. The summed E-state index contributed by atoms with van der Waals surface area (Å²) in [6, 6.07) is -0.758. The maximum atomic E-state index is 11.4. The lowest BCUT2D eigenvalue weighted by molar-refractivity contribution is -0.134. The van der Waals surface area contributed by atoms with Crippen molar-refractivity contribution in [1.82, 2.24) is 15.1 Å². The topological polar surface area (TPSA) is 93.5 Å². The zero-order valence-electron chi connectivity index (χ0n) is 9.04. The molecule has 1 aliphatic rings. The summed E-state index contributed by atoms with van der Waals surface area (Å²) < 4.78 is 6.38. The van der Waals surface area contributed by atoms with Crippen molar-refractivity contribution < 1.29 is 19.1 Å². The highest BCUT2D eigenvalue weighted by Crippen LogP contribution is 2.16. The number of nitrogens with one attached hydrogen (secondary N) is 1. The van der Waals surface area contributed by atoms with Gasteiger partial charge in [0.1, 0.15) is 0 Å². The van der Waals surface area contributed by atoms with Crippen LogP contribution in [0.2, 0.25) is 0 Å². The van der Waals surface area contributed by atoms with E-state index in [-0.39, 0.29) is 5.69 Å². The maximum Gasteiger partial charge on any atom is 0.336 e. The molecule has 1 fully saturated rings. The van der Waals surface area contributed by atoms with Gasteiger partial charge in [0, 0.05) is 13.3 Å². The normalized spacial score (nSPS) is 15.6. The van der Waals surface area contributed by atoms with E-state index in [0.29, 0.717) is 13.2 Å². The third kappa shape index (κ3) is 2.02. The van der Waals surface area contributed by atoms with E-state index >= 15 is 0 Å². The van der Waals surface area contributed by atoms with Gasteiger partial charge < -0.3 is 4.74 Å². The number of nitrogens with zero attached hydrogens (tertiary/aromatic N) is 3. The molecule has 1 aliphatic heterocycles. The molecule has 0 unspecified atom stereocenters. The molecule has 2 rings (SSSR count). The number of amides is 4. The summed E-state index contributed by atoms with van der Waals surface area (Å²) in [6.45, 7) is 0.953. The van der Waals surface area contributed by atoms with Crippen LogP contribution >= 0.6 is 0 Å². The van der Waals surface area contributed by atoms with E-state index in [0.717, 1.165) is 4.90 Å². The highest BCUT2D eigenvalue weighted by molar-refractivity contribution is 6.52. The van der Waals surface area contributed by atoms with Gasteiger partial charge in [0.25, 0.3) is 0 Å². The molecule has 1 saturated heterocycles. The number of ether oxygens (including phenoxy) is 1. The van der Waals surface area contributed by atoms with Crippen molar-refractivity contribution in [3.05, 3.63) is 12.4 Å². The van der Waals surface area contributed by atoms with Crippen molar-refractivity contribution in [3.63, 3.8) is 0 Å². The highest BCUT2D eigenvalue weighted by Gasteiger charge is 2.38. The van der Waals surface area contributed by atoms with Gasteiger partial charge in [-0.15, -0.1) is 0 Å². The first-order chi connectivity index (χ1) is 8.13. The number of hydrogen-bond donors (Lipinski definition) is 1. The van der Waals surface area contributed by atoms with E-state index in [1.165, 1.54) is 17.1 Å². The number of carbonyl (C=O) groups excluding carboxylic acids is 3. The van der Waals surface area contributed by atoms with E-state index in [9.17, 15) is 14.4 Å². The second-order valence-electron chi connectivity index (χ2n) is 3.35. The van der Waals surface area contributed by atoms with Gasteiger partial charge in [-0.2, -0.15) is 5.10 Å². The zero-order chi connectivity index (χ0) is 12.4. The predicted molar refractivity (Wildman–Crippen MR) is 55.1 cm³/mol. The number of aromatic nitrogens is 2. The van der Waals surface area contributed by atoms with Crippen molar-refractivity contribution in [3.8, 4) is 0 Å². The Kier molecular flexibility index (Phi) is 2.88. The molecule has 0 aromatic carbocycles. The number of imide groups is 2. The monoisotopic (exact) mass is 238 g/mol. The Labute approximate surface area is 96.1 Å². The van der Waals surface area contributed by atoms with Gasteiger partial charge in [-0.3, -0.25) is 19.6 Å². The summed E-state index contributed by atoms with van der Waals surface area (Å²) in [7, 11) is 1.56. The molecule has 0 radical (unpaired) electrons. The standard InChI is InChI=1S/C9H10N4O4/c1-17-3-2-12-5-6(4-10-12)13-8(15)7(14)11-9(13)16/h4-5H,2-3H2,1H3,(H,11,14,16). The van der Waals surface area contributed by atoms with Crippen molar-refractivity contribution in [2.24, 2.45) is 0 Å². The molecule has 0 atom stereocenters. The minimum Gasteiger partial charge on any atom is -0.383 e. The lowest BCUT2D eigenvalue weighted by Gasteiger charge is -2.06. The van der Waals surface area contributed by atoms with Crippen LogP contribution in [0.1, 0.15) is 0 Å². The van der Waals surface area contributed by atoms with E-state index in [1.807, 2.05) is 5.32 Å². The van der Waals surface area contributed by atoms with Crippen molar-refractivity contribution >= 4 is 23.5 Å². The van der Waals surface area contributed by atoms with Gasteiger partial charge in [-0.1, -0.05) is 0 Å². The Hall–Kier alpha value is -2.22. The number of hydrogen-bond acceptors (Lipinski definition) is 5. The fourth-order valence-electron chi connectivity index (χ4n) is 1.41. The molecular formula is C9H10N4O4. The fourth-order valence-corrected chi connectivity index (χ4v) is 1.41. The largest absolute Gasteiger partial charge is 0.383 e. The minimum atomic E-state index is -0.931. The Balaban J connectivity index is 2.17. The average molecular weight is 238 g/mol. The molecule has 1 aromatic heterocycles. The van der Waals surface area contributed by atoms with E-state index < -0.39 is 17.8 Å². The molecule has 8 heteroatoms. The van der Waals surface area contributed by atoms with Gasteiger partial charge in [0.15, 0.2) is 0 Å². The molecule has 2 heterocycles. The number of urea groups is 1. The summed E-state index contributed by atoms with van der Waals surface area (Å²) in [5, 5.41) is 5.85. The molecule has 0 saturated carbocycles. The van der Waals surface area contributed by atoms with Gasteiger partial charge in [0.2, 0.25) is 0 Å². The number of carbonyl (C=O) groups is 3. The molecule has 0 spiro atoms. The Bertz CT molecular complexity index is 481. The minimum absolute atomic E-state index is 0.259. The first-order valence-corrected chi connectivity index (χ1v) is 4.84. The highest BCUT2D eigenvalue weighted by atomic mass is 16.5. The van der Waals surface area contributed by atoms with Crippen molar-refractivity contribution in [2.75, 3.05) is 18.6 Å². The predicted octanol–water partition coefficient (Wildman–Crippen LogP) is -0.888. The SMILES string of the molecule is COCCn1cc(N2C(=O)NC(=O)C2=O)cn1. The molecular weight excluding hydrogens is 228 g/mol. The van der Waals surface area contributed by atoms with E-state index in [1.54, 1.807) is 7.11 Å². The first-order valence-electron chi connectivity index (χ1n) is 4.84. The van der Waals surface area contributed by atoms with Crippen LogP contribution in [0.15, 0.2) is 12.4 Å². The number of anilines is 1. The smallest absolute Gasteiger partial charge is 0.336 e. The van der Waals surface area contributed by atoms with Crippen LogP contribution < -0.4 is 10.2 Å². The lowest BCUT2D eigenvalue weighted by atomic mass is 10.4. The quantitative estimate of drug-likeness (QED) is 0.542. The second kappa shape index (κ2) is 4.34. The molecule has 0 aliphatic carbocycles. The summed E-state index contributed by atoms with van der Waals surface area (Å²) in [6.07, 6.45) is 2.83. The van der Waals surface area contributed by atoms with Crippen LogP contribution in [0.25, 0.3) is 0 Å². The van der Waals surface area contributed by atoms with Gasteiger partial charge >= 0.3 is 17.8 Å². The van der Waals surface area contributed by atoms with Crippen LogP contribution in [0.3, 0.4) is 0 Å². The Morgan fingerprint density at radius 2 is 2.18 bits per heavy atom. The Morgan fingerprint density at radius 3 is 2.76 bits per heavy atom. The molecule has 8 nitrogen and oxygen atoms in total. The molecule has 1 N–H and O–H groups in total. The number of rotatable bonds is 4. The maximum absolute atomic E-state index is 11.4. The van der Waals surface area contributed by atoms with Crippen molar-refractivity contribution in [2.45, 2.75) is 6.54 Å². The third-order valence-corrected chi connectivity index (χ3v) is 2.22. The van der Waals surface area contributed by atoms with Gasteiger partial charge in [-0.05, 0) is 0 Å². The Morgan fingerprint density at radius 1 is 1.41 bits per heavy atom. The van der Waals surface area contributed by atoms with Crippen LogP contribution in [-0.2, 0) is 20.9 Å². The fraction of sp³-hybridized carbons (Fsp3) is 0.333. The zero-order valence-corrected chi connectivity index (χ0v) is 9.04. The van der Waals surface area contributed by atoms with Gasteiger partial charge in [-0.25, -0.2) is 9.69 Å². The van der Waals surface area contributed by atoms with E-state index in [2.05, 4.69) is 5.10 Å². The van der Waals surface area contributed by atoms with Crippen molar-refractivity contribution in [1.29, 1.82) is 0 Å².